The maximum Gasteiger partial charge on any atom is 0.435 e. The van der Waals surface area contributed by atoms with Gasteiger partial charge in [-0.1, -0.05) is 35.9 Å². The average Bonchev–Trinajstić information content (AvgIpc) is 3.12. The highest BCUT2D eigenvalue weighted by molar-refractivity contribution is 6.34. The predicted octanol–water partition coefficient (Wildman–Crippen LogP) is 4.95. The normalized spacial score (nSPS) is 18.5. The molecule has 1 aliphatic heterocycles. The van der Waals surface area contributed by atoms with Crippen LogP contribution in [0.2, 0.25) is 5.15 Å². The smallest absolute Gasteiger partial charge is 0.354 e. The number of anilines is 1. The van der Waals surface area contributed by atoms with Gasteiger partial charge in [-0.25, -0.2) is 4.98 Å². The van der Waals surface area contributed by atoms with Crippen molar-refractivity contribution in [3.63, 3.8) is 0 Å². The zero-order chi connectivity index (χ0) is 18.3. The monoisotopic (exact) mass is 380 g/mol. The first kappa shape index (κ1) is 17.1. The van der Waals surface area contributed by atoms with E-state index < -0.39 is 11.9 Å². The molecule has 4 rings (SSSR count). The maximum atomic E-state index is 12.8. The lowest BCUT2D eigenvalue weighted by Gasteiger charge is -2.34. The molecule has 3 heterocycles. The van der Waals surface area contributed by atoms with E-state index in [2.05, 4.69) is 15.0 Å². The van der Waals surface area contributed by atoms with Gasteiger partial charge in [0, 0.05) is 24.7 Å². The van der Waals surface area contributed by atoms with E-state index in [1.165, 1.54) is 10.9 Å². The highest BCUT2D eigenvalue weighted by Gasteiger charge is 2.34. The fourth-order valence-corrected chi connectivity index (χ4v) is 3.63. The summed E-state index contributed by atoms with van der Waals surface area (Å²) in [6.07, 6.45) is -1.40. The van der Waals surface area contributed by atoms with Gasteiger partial charge in [0.05, 0.1) is 6.04 Å². The lowest BCUT2D eigenvalue weighted by atomic mass is 10.1. The van der Waals surface area contributed by atoms with Crippen molar-refractivity contribution in [2.24, 2.45) is 0 Å². The second kappa shape index (κ2) is 6.46. The van der Waals surface area contributed by atoms with E-state index in [0.717, 1.165) is 42.0 Å². The molecule has 26 heavy (non-hydrogen) atoms. The van der Waals surface area contributed by atoms with Gasteiger partial charge in [0.2, 0.25) is 0 Å². The van der Waals surface area contributed by atoms with Crippen LogP contribution >= 0.6 is 11.6 Å². The molecule has 0 bridgehead atoms. The summed E-state index contributed by atoms with van der Waals surface area (Å²) in [5.74, 6) is 0.738. The molecule has 1 aromatic carbocycles. The second-order valence-corrected chi connectivity index (χ2v) is 6.77. The average molecular weight is 381 g/mol. The molecule has 1 unspecified atom stereocenters. The lowest BCUT2D eigenvalue weighted by molar-refractivity contribution is -0.141. The van der Waals surface area contributed by atoms with E-state index in [9.17, 15) is 13.2 Å². The Bertz CT molecular complexity index is 938. The van der Waals surface area contributed by atoms with Gasteiger partial charge in [-0.2, -0.15) is 18.3 Å². The molecule has 2 aromatic heterocycles. The fourth-order valence-electron chi connectivity index (χ4n) is 3.38. The van der Waals surface area contributed by atoms with Crippen molar-refractivity contribution in [1.82, 2.24) is 14.8 Å². The summed E-state index contributed by atoms with van der Waals surface area (Å²) in [4.78, 5) is 6.54. The van der Waals surface area contributed by atoms with E-state index in [0.29, 0.717) is 11.7 Å². The Morgan fingerprint density at radius 2 is 1.96 bits per heavy atom. The molecule has 0 aliphatic carbocycles. The third-order valence-corrected chi connectivity index (χ3v) is 4.96. The molecule has 8 heteroatoms. The van der Waals surface area contributed by atoms with Crippen molar-refractivity contribution in [3.05, 3.63) is 53.4 Å². The molecule has 1 saturated heterocycles. The van der Waals surface area contributed by atoms with E-state index in [-0.39, 0.29) is 6.04 Å². The molecule has 0 saturated carbocycles. The second-order valence-electron chi connectivity index (χ2n) is 6.41. The molecular weight excluding hydrogens is 365 g/mol. The highest BCUT2D eigenvalue weighted by atomic mass is 35.5. The number of rotatable bonds is 2. The Morgan fingerprint density at radius 3 is 2.73 bits per heavy atom. The van der Waals surface area contributed by atoms with E-state index in [4.69, 9.17) is 11.6 Å². The van der Waals surface area contributed by atoms with Gasteiger partial charge < -0.3 is 4.90 Å². The van der Waals surface area contributed by atoms with Gasteiger partial charge in [0.1, 0.15) is 11.0 Å². The van der Waals surface area contributed by atoms with Crippen LogP contribution in [-0.2, 0) is 6.18 Å². The molecule has 4 nitrogen and oxygen atoms in total. The van der Waals surface area contributed by atoms with Crippen LogP contribution in [0.3, 0.4) is 0 Å². The Kier molecular flexibility index (Phi) is 4.26. The molecule has 0 spiro atoms. The Balaban J connectivity index is 1.60. The summed E-state index contributed by atoms with van der Waals surface area (Å²) in [7, 11) is 0. The topological polar surface area (TPSA) is 34.0 Å². The van der Waals surface area contributed by atoms with Crippen molar-refractivity contribution in [1.29, 1.82) is 0 Å². The third kappa shape index (κ3) is 3.23. The zero-order valence-corrected chi connectivity index (χ0v) is 14.5. The molecular formula is C18H16ClF3N4. The fraction of sp³-hybridized carbons (Fsp3) is 0.333. The van der Waals surface area contributed by atoms with Gasteiger partial charge in [0.25, 0.3) is 0 Å². The minimum atomic E-state index is -4.42. The first-order valence-corrected chi connectivity index (χ1v) is 8.72. The molecule has 1 fully saturated rings. The number of alkyl halides is 3. The van der Waals surface area contributed by atoms with Crippen LogP contribution in [0.4, 0.5) is 19.0 Å². The number of piperidine rings is 1. The van der Waals surface area contributed by atoms with Crippen LogP contribution in [0.25, 0.3) is 10.8 Å². The van der Waals surface area contributed by atoms with Crippen LogP contribution in [0.1, 0.15) is 24.6 Å². The van der Waals surface area contributed by atoms with Gasteiger partial charge in [-0.05, 0) is 30.4 Å². The number of aromatic nitrogens is 3. The number of pyridine rings is 1. The molecule has 0 amide bonds. The number of benzene rings is 1. The minimum Gasteiger partial charge on any atom is -0.354 e. The Morgan fingerprint density at radius 1 is 1.15 bits per heavy atom. The van der Waals surface area contributed by atoms with E-state index in [1.54, 1.807) is 0 Å². The number of fused-ring (bicyclic) bond motifs is 1. The summed E-state index contributed by atoms with van der Waals surface area (Å²) in [6, 6.07) is 10.6. The number of halogens is 4. The Labute approximate surface area is 153 Å². The maximum absolute atomic E-state index is 12.8. The van der Waals surface area contributed by atoms with Crippen LogP contribution in [-0.4, -0.2) is 27.9 Å². The molecule has 136 valence electrons. The molecule has 1 aliphatic rings. The van der Waals surface area contributed by atoms with E-state index >= 15 is 0 Å². The van der Waals surface area contributed by atoms with Crippen molar-refractivity contribution in [2.45, 2.75) is 25.1 Å². The molecule has 1 atom stereocenters. The summed E-state index contributed by atoms with van der Waals surface area (Å²) in [5.41, 5.74) is -0.860. The van der Waals surface area contributed by atoms with Crippen LogP contribution in [0, 0.1) is 0 Å². The minimum absolute atomic E-state index is 0.133. The highest BCUT2D eigenvalue weighted by Crippen LogP contribution is 2.32. The van der Waals surface area contributed by atoms with Gasteiger partial charge >= 0.3 is 6.18 Å². The number of hydrogen-bond acceptors (Lipinski definition) is 3. The molecule has 3 aromatic rings. The lowest BCUT2D eigenvalue weighted by Crippen LogP contribution is -2.37. The molecule has 0 N–H and O–H groups in total. The summed E-state index contributed by atoms with van der Waals surface area (Å²) in [5, 5.41) is 6.02. The standard InChI is InChI=1S/C18H16ClF3N4/c19-17-14-6-2-1-4-12(14)10-16(23-17)25-8-3-5-13(11-25)26-9-7-15(24-26)18(20,21)22/h1-2,4,6-7,9-10,13H,3,5,8,11H2. The van der Waals surface area contributed by atoms with Crippen molar-refractivity contribution in [3.8, 4) is 0 Å². The number of hydrogen-bond donors (Lipinski definition) is 0. The summed E-state index contributed by atoms with van der Waals surface area (Å²) in [6.45, 7) is 1.33. The van der Waals surface area contributed by atoms with Crippen LogP contribution < -0.4 is 4.90 Å². The van der Waals surface area contributed by atoms with E-state index in [1.807, 2.05) is 30.3 Å². The first-order valence-electron chi connectivity index (χ1n) is 8.34. The third-order valence-electron chi connectivity index (χ3n) is 4.67. The van der Waals surface area contributed by atoms with Gasteiger partial charge in [-0.15, -0.1) is 0 Å². The largest absolute Gasteiger partial charge is 0.435 e. The predicted molar refractivity (Wildman–Crippen MR) is 94.5 cm³/mol. The molecule has 0 radical (unpaired) electrons. The SMILES string of the molecule is FC(F)(F)c1ccn(C2CCCN(c3cc4ccccc4c(Cl)n3)C2)n1. The first-order chi connectivity index (χ1) is 12.4. The number of nitrogens with zero attached hydrogens (tertiary/aromatic N) is 4. The summed E-state index contributed by atoms with van der Waals surface area (Å²) >= 11 is 6.31. The van der Waals surface area contributed by atoms with Crippen molar-refractivity contribution in [2.75, 3.05) is 18.0 Å². The summed E-state index contributed by atoms with van der Waals surface area (Å²) < 4.78 is 39.8. The van der Waals surface area contributed by atoms with Crippen LogP contribution in [0.5, 0.6) is 0 Å². The van der Waals surface area contributed by atoms with Crippen molar-refractivity contribution >= 4 is 28.2 Å². The van der Waals surface area contributed by atoms with Crippen LogP contribution in [0.15, 0.2) is 42.6 Å². The van der Waals surface area contributed by atoms with Gasteiger partial charge in [-0.3, -0.25) is 4.68 Å². The Hall–Kier alpha value is -2.28. The zero-order valence-electron chi connectivity index (χ0n) is 13.7. The van der Waals surface area contributed by atoms with Crippen molar-refractivity contribution < 1.29 is 13.2 Å². The quantitative estimate of drug-likeness (QED) is 0.590. The van der Waals surface area contributed by atoms with Gasteiger partial charge in [0.15, 0.2) is 5.69 Å².